The number of halogens is 10. The maximum Gasteiger partial charge on any atom is 0.312 e. The molecule has 10 aromatic rings. The fourth-order valence-electron chi connectivity index (χ4n) is 11.0. The minimum absolute atomic E-state index is 0.0373. The Bertz CT molecular complexity index is 5040. The van der Waals surface area contributed by atoms with Crippen LogP contribution in [-0.2, 0) is 70.1 Å². The molecular formula is C97H109Br10NO16S. The van der Waals surface area contributed by atoms with E-state index in [-0.39, 0.29) is 80.2 Å². The zero-order valence-corrected chi connectivity index (χ0v) is 88.4. The minimum atomic E-state index is -3.36. The number of aldehydes is 1. The number of aliphatic hydroxyl groups is 2. The van der Waals surface area contributed by atoms with Gasteiger partial charge in [0.05, 0.1) is 71.9 Å². The number of methoxy groups -OCH3 is 3. The maximum atomic E-state index is 11.2. The third kappa shape index (κ3) is 49.1. The van der Waals surface area contributed by atoms with Crippen LogP contribution in [0.25, 0.3) is 0 Å². The number of hydrogen-bond donors (Lipinski definition) is 4. The SMILES string of the molecule is CC(CC#N)c1ccccc1Br.CC(CC(=O)O)c1ccccc1Br.CC(CC=O)c1ccccc1Br.CC(CCO)c1ccccc1Br.CC(CO)c1ccccc1Br.CC(COS(C)(=O)=O)c1ccccc1Br.COC(=O)C(C)c1ccccc1Br.COC(=O)CC(C)c1ccccc1Br.COC(=O)Cc1ccccc1Br.O=C(O)Cc1ccccc1Br. The van der Waals surface area contributed by atoms with Crippen molar-refractivity contribution in [2.45, 2.75) is 148 Å². The van der Waals surface area contributed by atoms with E-state index in [9.17, 15) is 37.2 Å². The predicted molar refractivity (Wildman–Crippen MR) is 537 cm³/mol. The van der Waals surface area contributed by atoms with E-state index in [1.54, 1.807) is 6.07 Å². The zero-order valence-electron chi connectivity index (χ0n) is 71.7. The van der Waals surface area contributed by atoms with E-state index < -0.39 is 22.1 Å². The van der Waals surface area contributed by atoms with Crippen molar-refractivity contribution in [3.63, 3.8) is 0 Å². The van der Waals surface area contributed by atoms with Crippen LogP contribution in [0.2, 0.25) is 0 Å². The van der Waals surface area contributed by atoms with Crippen LogP contribution in [0.15, 0.2) is 287 Å². The van der Waals surface area contributed by atoms with Gasteiger partial charge < -0.3 is 39.4 Å². The van der Waals surface area contributed by atoms with Crippen molar-refractivity contribution in [2.75, 3.05) is 47.4 Å². The monoisotopic (exact) mass is 2360 g/mol. The van der Waals surface area contributed by atoms with Crippen LogP contribution in [0.5, 0.6) is 0 Å². The number of ether oxygens (including phenoxy) is 3. The van der Waals surface area contributed by atoms with Crippen LogP contribution in [0, 0.1) is 11.3 Å². The summed E-state index contributed by atoms with van der Waals surface area (Å²) in [4.78, 5) is 64.2. The molecular weight excluding hydrogens is 2270 g/mol. The molecule has 0 aliphatic heterocycles. The average Bonchev–Trinajstić information content (AvgIpc) is 0.850. The fourth-order valence-corrected chi connectivity index (χ4v) is 17.7. The first-order chi connectivity index (χ1) is 59.3. The molecule has 0 aromatic heterocycles. The quantitative estimate of drug-likeness (QED) is 0.0170. The van der Waals surface area contributed by atoms with E-state index in [0.717, 1.165) is 103 Å². The summed E-state index contributed by atoms with van der Waals surface area (Å²) in [6, 6.07) is 80.1. The van der Waals surface area contributed by atoms with Crippen molar-refractivity contribution < 1.29 is 76.0 Å². The summed E-state index contributed by atoms with van der Waals surface area (Å²) in [7, 11) is 0.843. The van der Waals surface area contributed by atoms with Gasteiger partial charge >= 0.3 is 29.8 Å². The Hall–Kier alpha value is -6.66. The molecule has 10 aromatic carbocycles. The van der Waals surface area contributed by atoms with Gasteiger partial charge in [-0.3, -0.25) is 28.2 Å². The van der Waals surface area contributed by atoms with E-state index in [0.29, 0.717) is 43.4 Å². The number of nitriles is 1. The van der Waals surface area contributed by atoms with Gasteiger partial charge in [0, 0.05) is 82.6 Å². The average molecular weight is 2380 g/mol. The lowest BCUT2D eigenvalue weighted by atomic mass is 9.98. The highest BCUT2D eigenvalue weighted by Crippen LogP contribution is 2.33. The predicted octanol–water partition coefficient (Wildman–Crippen LogP) is 27.7. The van der Waals surface area contributed by atoms with Gasteiger partial charge in [-0.05, 0) is 159 Å². The highest BCUT2D eigenvalue weighted by molar-refractivity contribution is 9.12. The highest BCUT2D eigenvalue weighted by atomic mass is 79.9. The molecule has 0 spiro atoms. The molecule has 125 heavy (non-hydrogen) atoms. The van der Waals surface area contributed by atoms with Crippen LogP contribution in [0.4, 0.5) is 0 Å². The van der Waals surface area contributed by atoms with Gasteiger partial charge in [0.2, 0.25) is 0 Å². The molecule has 0 radical (unpaired) electrons. The lowest BCUT2D eigenvalue weighted by Crippen LogP contribution is -2.11. The first kappa shape index (κ1) is 116. The number of carboxylic acid groups (broad SMARTS) is 2. The molecule has 17 nitrogen and oxygen atoms in total. The summed E-state index contributed by atoms with van der Waals surface area (Å²) < 4.78 is 50.3. The maximum absolute atomic E-state index is 11.2. The van der Waals surface area contributed by atoms with Gasteiger partial charge in [-0.1, -0.05) is 390 Å². The Morgan fingerprint density at radius 1 is 0.376 bits per heavy atom. The molecule has 0 saturated carbocycles. The molecule has 10 rings (SSSR count). The number of carbonyl (C=O) groups is 6. The molecule has 0 amide bonds. The number of carbonyl (C=O) groups excluding carboxylic acids is 4. The molecule has 0 heterocycles. The summed E-state index contributed by atoms with van der Waals surface area (Å²) in [6.45, 7) is 16.5. The topological polar surface area (TPSA) is 278 Å². The Labute approximate surface area is 822 Å². The lowest BCUT2D eigenvalue weighted by Gasteiger charge is -2.12. The molecule has 0 bridgehead atoms. The standard InChI is InChI=1S/C11H13BrO2.C10H10BrN.C10H13BrO3S.2C10H11BrO2.C10H13BrO.C10H11BrO.C9H9BrO2.C9H11BrO.C8H7BrO2/c1-8(7-11(13)14-2)9-5-3-4-6-10(9)12;1-8(6-7-12)9-4-2-3-5-10(9)11;1-8(7-14-15(2,12)13)9-5-3-4-6-10(9)11;1-7(10(12)13-2)8-5-3-4-6-9(8)11;1-7(6-10(12)13)8-4-2-3-5-9(8)11;2*1-8(6-7-12)9-4-2-3-5-10(9)11;1-12-9(11)6-7-4-2-3-5-8(7)10;1-7(6-11)8-4-2-3-5-9(8)10;9-7-4-2-1-3-6(7)5-8(10)11/h3-6,8H,7H2,1-2H3;2-5,8H,6H2,1H3;3-6,8H,7H2,1-2H3;3-7H,1-2H3;2-5,7H,6H2,1H3,(H,12,13);2-5,8,12H,6-7H2,1H3;2-5,7-8H,6H2,1H3;2-5H,6H2,1H3;2-5,7,11H,6H2,1H3;1-4H,5H2,(H,10,11). The number of rotatable bonds is 26. The Morgan fingerprint density at radius 3 is 0.968 bits per heavy atom. The van der Waals surface area contributed by atoms with Crippen molar-refractivity contribution in [1.82, 2.24) is 0 Å². The first-order valence-corrected chi connectivity index (χ1v) is 49.0. The summed E-state index contributed by atoms with van der Waals surface area (Å²) in [6.07, 6.45) is 4.97. The Kier molecular flexibility index (Phi) is 62.1. The number of nitrogens with zero attached hydrogens (tertiary/aromatic N) is 1. The van der Waals surface area contributed by atoms with Gasteiger partial charge in [0.25, 0.3) is 10.1 Å². The van der Waals surface area contributed by atoms with Gasteiger partial charge in [0.15, 0.2) is 0 Å². The Morgan fingerprint density at radius 2 is 0.672 bits per heavy atom. The van der Waals surface area contributed by atoms with E-state index in [4.69, 9.17) is 29.9 Å². The second kappa shape index (κ2) is 66.7. The van der Waals surface area contributed by atoms with Crippen molar-refractivity contribution in [2.24, 2.45) is 0 Å². The van der Waals surface area contributed by atoms with Gasteiger partial charge in [0.1, 0.15) is 6.29 Å². The summed E-state index contributed by atoms with van der Waals surface area (Å²) in [5, 5.41) is 43.3. The number of aliphatic carboxylic acids is 2. The smallest absolute Gasteiger partial charge is 0.312 e. The van der Waals surface area contributed by atoms with Crippen molar-refractivity contribution in [3.8, 4) is 6.07 Å². The molecule has 4 N–H and O–H groups in total. The summed E-state index contributed by atoms with van der Waals surface area (Å²) in [5.41, 5.74) is 10.8. The van der Waals surface area contributed by atoms with Gasteiger partial charge in [-0.25, -0.2) is 0 Å². The molecule has 0 fully saturated rings. The molecule has 0 saturated heterocycles. The molecule has 8 atom stereocenters. The number of benzene rings is 10. The number of aliphatic hydroxyl groups excluding tert-OH is 2. The second-order valence-electron chi connectivity index (χ2n) is 28.1. The second-order valence-corrected chi connectivity index (χ2v) is 38.2. The molecule has 8 unspecified atom stereocenters. The van der Waals surface area contributed by atoms with E-state index >= 15 is 0 Å². The van der Waals surface area contributed by atoms with Crippen LogP contribution in [-0.4, -0.2) is 112 Å². The van der Waals surface area contributed by atoms with E-state index in [1.807, 2.05) is 265 Å². The molecule has 674 valence electrons. The molecule has 0 aliphatic rings. The van der Waals surface area contributed by atoms with Crippen molar-refractivity contribution in [3.05, 3.63) is 343 Å². The van der Waals surface area contributed by atoms with Crippen LogP contribution >= 0.6 is 159 Å². The van der Waals surface area contributed by atoms with Gasteiger partial charge in [-0.15, -0.1) is 0 Å². The normalized spacial score (nSPS) is 12.1. The lowest BCUT2D eigenvalue weighted by molar-refractivity contribution is -0.142. The Balaban J connectivity index is 0.000000695. The largest absolute Gasteiger partial charge is 0.481 e. The number of hydrogen-bond acceptors (Lipinski definition) is 15. The van der Waals surface area contributed by atoms with E-state index in [2.05, 4.69) is 206 Å². The zero-order chi connectivity index (χ0) is 94.2. The molecule has 0 aliphatic carbocycles. The first-order valence-electron chi connectivity index (χ1n) is 39.2. The fraction of sp³-hybridized carbons (Fsp3) is 0.309. The summed E-state index contributed by atoms with van der Waals surface area (Å²) in [5.74, 6) is -0.885. The minimum Gasteiger partial charge on any atom is -0.481 e. The van der Waals surface area contributed by atoms with Gasteiger partial charge in [-0.2, -0.15) is 13.7 Å². The number of carboxylic acids is 2. The van der Waals surface area contributed by atoms with Crippen LogP contribution in [0.3, 0.4) is 0 Å². The van der Waals surface area contributed by atoms with Crippen molar-refractivity contribution in [1.29, 1.82) is 5.26 Å². The summed E-state index contributed by atoms with van der Waals surface area (Å²) >= 11 is 34.1. The van der Waals surface area contributed by atoms with Crippen molar-refractivity contribution >= 4 is 206 Å². The third-order valence-corrected chi connectivity index (χ3v) is 26.1. The van der Waals surface area contributed by atoms with Crippen LogP contribution in [0.1, 0.15) is 190 Å². The highest BCUT2D eigenvalue weighted by Gasteiger charge is 2.19. The third-order valence-electron chi connectivity index (χ3n) is 18.2. The molecule has 28 heteroatoms. The van der Waals surface area contributed by atoms with Crippen LogP contribution < -0.4 is 0 Å². The number of esters is 3. The van der Waals surface area contributed by atoms with E-state index in [1.165, 1.54) is 38.0 Å².